The van der Waals surface area contributed by atoms with Gasteiger partial charge in [-0.25, -0.2) is 4.39 Å². The van der Waals surface area contributed by atoms with E-state index in [4.69, 9.17) is 0 Å². The van der Waals surface area contributed by atoms with Gasteiger partial charge < -0.3 is 0 Å². The molecule has 2 aromatic carbocycles. The molecule has 0 heterocycles. The van der Waals surface area contributed by atoms with Crippen LogP contribution in [0.25, 0.3) is 0 Å². The van der Waals surface area contributed by atoms with E-state index in [0.29, 0.717) is 18.4 Å². The molecular weight excluding hydrogens is 313 g/mol. The number of nitrogens with zero attached hydrogens (tertiary/aromatic N) is 1. The molecule has 0 radical (unpaired) electrons. The molecule has 0 spiro atoms. The molecule has 2 rings (SSSR count). The summed E-state index contributed by atoms with van der Waals surface area (Å²) >= 11 is 3.34. The van der Waals surface area contributed by atoms with E-state index in [9.17, 15) is 14.5 Å². The zero-order chi connectivity index (χ0) is 13.8. The predicted octanol–water partition coefficient (Wildman–Crippen LogP) is 4.28. The molecule has 0 bridgehead atoms. The van der Waals surface area contributed by atoms with Gasteiger partial charge in [0.25, 0.3) is 5.69 Å². The fourth-order valence-corrected chi connectivity index (χ4v) is 2.13. The van der Waals surface area contributed by atoms with Crippen LogP contribution < -0.4 is 0 Å². The lowest BCUT2D eigenvalue weighted by atomic mass is 10.0. The van der Waals surface area contributed by atoms with Crippen LogP contribution in [-0.4, -0.2) is 4.92 Å². The lowest BCUT2D eigenvalue weighted by Crippen LogP contribution is -1.98. The maximum atomic E-state index is 13.2. The van der Waals surface area contributed by atoms with Crippen LogP contribution in [0.5, 0.6) is 0 Å². The Balaban J connectivity index is 2.16. The Kier molecular flexibility index (Phi) is 4.27. The highest BCUT2D eigenvalue weighted by Gasteiger charge is 2.14. The molecule has 0 atom stereocenters. The fraction of sp³-hybridized carbons (Fsp3) is 0.143. The first kappa shape index (κ1) is 13.7. The average Bonchev–Trinajstić information content (AvgIpc) is 2.38. The van der Waals surface area contributed by atoms with Gasteiger partial charge in [-0.1, -0.05) is 28.1 Å². The zero-order valence-corrected chi connectivity index (χ0v) is 11.6. The van der Waals surface area contributed by atoms with Gasteiger partial charge in [0.05, 0.1) is 4.92 Å². The smallest absolute Gasteiger partial charge is 0.258 e. The number of rotatable bonds is 4. The first-order chi connectivity index (χ1) is 9.06. The summed E-state index contributed by atoms with van der Waals surface area (Å²) in [6.45, 7) is 0. The van der Waals surface area contributed by atoms with E-state index in [0.717, 1.165) is 16.1 Å². The molecule has 0 unspecified atom stereocenters. The van der Waals surface area contributed by atoms with Crippen molar-refractivity contribution in [2.45, 2.75) is 12.8 Å². The third kappa shape index (κ3) is 3.61. The van der Waals surface area contributed by atoms with Gasteiger partial charge in [0.2, 0.25) is 0 Å². The highest BCUT2D eigenvalue weighted by molar-refractivity contribution is 9.10. The van der Waals surface area contributed by atoms with Gasteiger partial charge in [-0.2, -0.15) is 0 Å². The third-order valence-electron chi connectivity index (χ3n) is 2.83. The Morgan fingerprint density at radius 3 is 2.42 bits per heavy atom. The fourth-order valence-electron chi connectivity index (χ4n) is 1.86. The molecule has 0 amide bonds. The maximum Gasteiger partial charge on any atom is 0.272 e. The van der Waals surface area contributed by atoms with Crippen molar-refractivity contribution in [3.05, 3.63) is 74.0 Å². The van der Waals surface area contributed by atoms with Gasteiger partial charge in [-0.05, 0) is 42.7 Å². The number of aryl methyl sites for hydroxylation is 2. The minimum atomic E-state index is -0.476. The molecule has 0 fully saturated rings. The van der Waals surface area contributed by atoms with Gasteiger partial charge in [-0.3, -0.25) is 10.1 Å². The van der Waals surface area contributed by atoms with E-state index in [1.807, 2.05) is 24.3 Å². The Morgan fingerprint density at radius 2 is 1.79 bits per heavy atom. The van der Waals surface area contributed by atoms with E-state index in [1.165, 1.54) is 12.1 Å². The second-order valence-corrected chi connectivity index (χ2v) is 5.07. The van der Waals surface area contributed by atoms with E-state index < -0.39 is 10.7 Å². The molecule has 0 aliphatic carbocycles. The molecule has 0 aliphatic rings. The summed E-state index contributed by atoms with van der Waals surface area (Å²) in [6.07, 6.45) is 1.08. The molecule has 0 saturated carbocycles. The summed E-state index contributed by atoms with van der Waals surface area (Å²) in [6, 6.07) is 11.3. The largest absolute Gasteiger partial charge is 0.272 e. The zero-order valence-electron chi connectivity index (χ0n) is 9.98. The molecule has 19 heavy (non-hydrogen) atoms. The van der Waals surface area contributed by atoms with Crippen LogP contribution in [0.1, 0.15) is 11.1 Å². The maximum absolute atomic E-state index is 13.2. The van der Waals surface area contributed by atoms with Crippen LogP contribution in [0.2, 0.25) is 0 Å². The van der Waals surface area contributed by atoms with Crippen molar-refractivity contribution in [1.82, 2.24) is 0 Å². The number of halogens is 2. The van der Waals surface area contributed by atoms with E-state index in [2.05, 4.69) is 15.9 Å². The highest BCUT2D eigenvalue weighted by atomic mass is 79.9. The molecule has 2 aromatic rings. The second-order valence-electron chi connectivity index (χ2n) is 4.16. The molecule has 5 heteroatoms. The lowest BCUT2D eigenvalue weighted by molar-refractivity contribution is -0.385. The van der Waals surface area contributed by atoms with Crippen LogP contribution in [0.4, 0.5) is 10.1 Å². The quantitative estimate of drug-likeness (QED) is 0.622. The van der Waals surface area contributed by atoms with Crippen LogP contribution in [0.15, 0.2) is 46.9 Å². The predicted molar refractivity (Wildman–Crippen MR) is 74.6 cm³/mol. The summed E-state index contributed by atoms with van der Waals surface area (Å²) in [5.74, 6) is -0.448. The number of hydrogen-bond acceptors (Lipinski definition) is 2. The standard InChI is InChI=1S/C14H11BrFNO2/c15-12-5-2-10(3-6-12)1-4-11-9-13(16)7-8-14(11)17(18)19/h2-3,5-9H,1,4H2. The number of hydrogen-bond donors (Lipinski definition) is 0. The van der Waals surface area contributed by atoms with Crippen molar-refractivity contribution in [2.24, 2.45) is 0 Å². The Labute approximate surface area is 118 Å². The van der Waals surface area contributed by atoms with Gasteiger partial charge >= 0.3 is 0 Å². The van der Waals surface area contributed by atoms with Crippen molar-refractivity contribution >= 4 is 21.6 Å². The molecule has 0 saturated heterocycles. The Morgan fingerprint density at radius 1 is 1.11 bits per heavy atom. The second kappa shape index (κ2) is 5.93. The van der Waals surface area contributed by atoms with Gasteiger partial charge in [0, 0.05) is 16.1 Å². The minimum absolute atomic E-state index is 0.0292. The first-order valence-corrected chi connectivity index (χ1v) is 6.53. The van der Waals surface area contributed by atoms with Gasteiger partial charge in [-0.15, -0.1) is 0 Å². The van der Waals surface area contributed by atoms with Crippen molar-refractivity contribution in [3.63, 3.8) is 0 Å². The lowest BCUT2D eigenvalue weighted by Gasteiger charge is -2.04. The van der Waals surface area contributed by atoms with Gasteiger partial charge in [0.1, 0.15) is 5.82 Å². The molecule has 3 nitrogen and oxygen atoms in total. The summed E-state index contributed by atoms with van der Waals surface area (Å²) < 4.78 is 14.1. The monoisotopic (exact) mass is 323 g/mol. The number of benzene rings is 2. The van der Waals surface area contributed by atoms with E-state index >= 15 is 0 Å². The highest BCUT2D eigenvalue weighted by Crippen LogP contribution is 2.21. The van der Waals surface area contributed by atoms with Crippen LogP contribution in [0.3, 0.4) is 0 Å². The Hall–Kier alpha value is -1.75. The molecular formula is C14H11BrFNO2. The van der Waals surface area contributed by atoms with Crippen molar-refractivity contribution in [3.8, 4) is 0 Å². The summed E-state index contributed by atoms with van der Waals surface area (Å²) in [5, 5.41) is 10.9. The SMILES string of the molecule is O=[N+]([O-])c1ccc(F)cc1CCc1ccc(Br)cc1. The first-order valence-electron chi connectivity index (χ1n) is 5.73. The number of nitro groups is 1. The normalized spacial score (nSPS) is 10.4. The topological polar surface area (TPSA) is 43.1 Å². The number of nitro benzene ring substituents is 1. The van der Waals surface area contributed by atoms with Crippen LogP contribution >= 0.6 is 15.9 Å². The molecule has 0 N–H and O–H groups in total. The summed E-state index contributed by atoms with van der Waals surface area (Å²) in [5.41, 5.74) is 1.45. The molecule has 0 aliphatic heterocycles. The summed E-state index contributed by atoms with van der Waals surface area (Å²) in [4.78, 5) is 10.4. The minimum Gasteiger partial charge on any atom is -0.258 e. The summed E-state index contributed by atoms with van der Waals surface area (Å²) in [7, 11) is 0. The Bertz CT molecular complexity index is 599. The average molecular weight is 324 g/mol. The molecule has 98 valence electrons. The van der Waals surface area contributed by atoms with Crippen LogP contribution in [0, 0.1) is 15.9 Å². The van der Waals surface area contributed by atoms with Gasteiger partial charge in [0.15, 0.2) is 0 Å². The van der Waals surface area contributed by atoms with E-state index in [-0.39, 0.29) is 5.69 Å². The van der Waals surface area contributed by atoms with Crippen molar-refractivity contribution in [1.29, 1.82) is 0 Å². The third-order valence-corrected chi connectivity index (χ3v) is 3.36. The van der Waals surface area contributed by atoms with E-state index in [1.54, 1.807) is 0 Å². The van der Waals surface area contributed by atoms with Crippen molar-refractivity contribution in [2.75, 3.05) is 0 Å². The molecule has 0 aromatic heterocycles. The van der Waals surface area contributed by atoms with Crippen molar-refractivity contribution < 1.29 is 9.31 Å². The van der Waals surface area contributed by atoms with Crippen LogP contribution in [-0.2, 0) is 12.8 Å².